The predicted octanol–water partition coefficient (Wildman–Crippen LogP) is 19.9. The molecular weight excluding hydrogens is 1330 g/mol. The van der Waals surface area contributed by atoms with Gasteiger partial charge >= 0.3 is 14.2 Å². The molecule has 4 aliphatic rings. The molecule has 0 aromatic heterocycles. The quantitative estimate of drug-likeness (QED) is 0.0504. The molecule has 0 spiro atoms. The molecule has 8 aromatic carbocycles. The molecule has 12 rings (SSSR count). The summed E-state index contributed by atoms with van der Waals surface area (Å²) < 4.78 is 76.3. The Morgan fingerprint density at radius 2 is 0.740 bits per heavy atom. The highest BCUT2D eigenvalue weighted by atomic mass is 79.9. The van der Waals surface area contributed by atoms with Crippen molar-refractivity contribution in [3.05, 3.63) is 225 Å². The van der Waals surface area contributed by atoms with Crippen LogP contribution in [0.15, 0.2) is 203 Å². The summed E-state index contributed by atoms with van der Waals surface area (Å²) in [7, 11) is -0.847. The predicted molar refractivity (Wildman–Crippen MR) is 391 cm³/mol. The molecule has 2 heterocycles. The summed E-state index contributed by atoms with van der Waals surface area (Å²) in [4.78, 5) is 0. The summed E-state index contributed by atoms with van der Waals surface area (Å²) >= 11 is 6.92. The van der Waals surface area contributed by atoms with Crippen LogP contribution in [0, 0.1) is 13.8 Å². The van der Waals surface area contributed by atoms with Gasteiger partial charge in [0.1, 0.15) is 34.5 Å². The van der Waals surface area contributed by atoms with Crippen LogP contribution < -0.4 is 39.3 Å². The van der Waals surface area contributed by atoms with Gasteiger partial charge in [-0.05, 0) is 220 Å². The molecular formula is C80H94B2Br2O12. The Balaban J connectivity index is 0.000000167. The average Bonchev–Trinajstić information content (AvgIpc) is 1.63. The van der Waals surface area contributed by atoms with E-state index < -0.39 is 49.2 Å². The van der Waals surface area contributed by atoms with E-state index in [0.717, 1.165) is 90.8 Å². The molecule has 2 aliphatic heterocycles. The lowest BCUT2D eigenvalue weighted by Crippen LogP contribution is -2.41. The molecule has 0 radical (unpaired) electrons. The highest BCUT2D eigenvalue weighted by molar-refractivity contribution is 9.11. The first-order chi connectivity index (χ1) is 45.9. The standard InChI is InChI=1S/C35H38O4.C31H38B2O6.C14H18Br2O2/c1-25-14-19-31(20-15-25)38-35(29-10-6-4-7-11-29)39-32-21-17-28(18-22-32)33-24-26(2)16-23-34(33)37-27(3)36-30-12-8-5-9-13-30;1-28(2)29(3,4)37-32(36-28)23-14-18-25(19-15-23)34-27(22-12-10-9-11-13-22)35-26-20-16-24(17-21-26)33-38-30(5,6)31(7,8)39-33;1-10(17-12-5-3-2-4-6-12)18-14-8-7-11(15)9-13(14)16/h4,6-7,10-11,14-24,27,30,35H,5,8-9,12-13H2,1-3H3;9-21,27H,1-8H3;7-10,12H,2-6H2,1H3. The minimum absolute atomic E-state index is 0.203. The van der Waals surface area contributed by atoms with Gasteiger partial charge in [0, 0.05) is 21.2 Å². The van der Waals surface area contributed by atoms with Gasteiger partial charge in [-0.25, -0.2) is 0 Å². The van der Waals surface area contributed by atoms with Crippen molar-refractivity contribution in [1.82, 2.24) is 0 Å². The van der Waals surface area contributed by atoms with Gasteiger partial charge in [-0.2, -0.15) is 0 Å². The van der Waals surface area contributed by atoms with Crippen LogP contribution in [-0.2, 0) is 28.1 Å². The van der Waals surface area contributed by atoms with Crippen molar-refractivity contribution in [3.63, 3.8) is 0 Å². The molecule has 2 saturated heterocycles. The van der Waals surface area contributed by atoms with Crippen LogP contribution in [0.1, 0.15) is 168 Å². The number of halogens is 2. The van der Waals surface area contributed by atoms with Crippen LogP contribution in [-0.4, -0.2) is 61.4 Å². The Hall–Kier alpha value is -6.59. The summed E-state index contributed by atoms with van der Waals surface area (Å²) in [5.74, 6) is 4.49. The molecule has 16 heteroatoms. The summed E-state index contributed by atoms with van der Waals surface area (Å²) in [5.41, 5.74) is 6.62. The molecule has 506 valence electrons. The normalized spacial score (nSPS) is 18.2. The van der Waals surface area contributed by atoms with Crippen LogP contribution in [0.3, 0.4) is 0 Å². The second-order valence-electron chi connectivity index (χ2n) is 27.3. The molecule has 96 heavy (non-hydrogen) atoms. The van der Waals surface area contributed by atoms with Crippen molar-refractivity contribution < 1.29 is 56.5 Å². The van der Waals surface area contributed by atoms with Crippen LogP contribution in [0.5, 0.6) is 34.5 Å². The molecule has 3 atom stereocenters. The van der Waals surface area contributed by atoms with Crippen LogP contribution in [0.2, 0.25) is 0 Å². The summed E-state index contributed by atoms with van der Waals surface area (Å²) in [6.07, 6.45) is 11.2. The van der Waals surface area contributed by atoms with E-state index in [1.807, 2.05) is 239 Å². The van der Waals surface area contributed by atoms with Crippen molar-refractivity contribution >= 4 is 57.0 Å². The zero-order valence-corrected chi connectivity index (χ0v) is 61.0. The van der Waals surface area contributed by atoms with Gasteiger partial charge in [0.05, 0.1) is 39.1 Å². The van der Waals surface area contributed by atoms with Crippen LogP contribution in [0.4, 0.5) is 0 Å². The lowest BCUT2D eigenvalue weighted by molar-refractivity contribution is -0.117. The van der Waals surface area contributed by atoms with Crippen LogP contribution >= 0.6 is 31.9 Å². The molecule has 2 saturated carbocycles. The fourth-order valence-electron chi connectivity index (χ4n) is 11.6. The first kappa shape index (κ1) is 72.2. The third-order valence-corrected chi connectivity index (χ3v) is 19.7. The van der Waals surface area contributed by atoms with Crippen molar-refractivity contribution in [2.45, 2.75) is 207 Å². The van der Waals surface area contributed by atoms with Gasteiger partial charge in [0.2, 0.25) is 0 Å². The molecule has 0 bridgehead atoms. The Morgan fingerprint density at radius 3 is 1.14 bits per heavy atom. The van der Waals surface area contributed by atoms with Crippen LogP contribution in [0.25, 0.3) is 11.1 Å². The number of ether oxygens (including phenoxy) is 8. The van der Waals surface area contributed by atoms with E-state index in [4.69, 9.17) is 56.5 Å². The lowest BCUT2D eigenvalue weighted by atomic mass is 9.79. The average molecular weight is 1430 g/mol. The highest BCUT2D eigenvalue weighted by Crippen LogP contribution is 2.40. The summed E-state index contributed by atoms with van der Waals surface area (Å²) in [6, 6.07) is 63.7. The first-order valence-corrected chi connectivity index (χ1v) is 35.6. The molecule has 0 N–H and O–H groups in total. The molecule has 2 aliphatic carbocycles. The number of hydrogen-bond donors (Lipinski definition) is 0. The largest absolute Gasteiger partial charge is 0.494 e. The minimum atomic E-state index is -0.642. The number of hydrogen-bond acceptors (Lipinski definition) is 12. The summed E-state index contributed by atoms with van der Waals surface area (Å²) in [5, 5.41) is 0. The van der Waals surface area contributed by atoms with Gasteiger partial charge in [0.15, 0.2) is 12.6 Å². The fourth-order valence-corrected chi connectivity index (χ4v) is 12.8. The maximum Gasteiger partial charge on any atom is 0.494 e. The van der Waals surface area contributed by atoms with E-state index >= 15 is 0 Å². The monoisotopic (exact) mass is 1430 g/mol. The van der Waals surface area contributed by atoms with Crippen molar-refractivity contribution in [2.75, 3.05) is 0 Å². The van der Waals surface area contributed by atoms with E-state index in [1.165, 1.54) is 49.7 Å². The Bertz CT molecular complexity index is 3580. The Morgan fingerprint density at radius 1 is 0.385 bits per heavy atom. The van der Waals surface area contributed by atoms with Gasteiger partial charge in [-0.15, -0.1) is 0 Å². The molecule has 12 nitrogen and oxygen atoms in total. The van der Waals surface area contributed by atoms with Gasteiger partial charge in [0.25, 0.3) is 12.6 Å². The zero-order valence-electron chi connectivity index (χ0n) is 57.8. The van der Waals surface area contributed by atoms with Gasteiger partial charge in [-0.3, -0.25) is 0 Å². The number of aryl methyl sites for hydroxylation is 2. The summed E-state index contributed by atoms with van der Waals surface area (Å²) in [6.45, 7) is 24.5. The maximum atomic E-state index is 6.36. The third-order valence-electron chi connectivity index (χ3n) is 18.6. The Kier molecular flexibility index (Phi) is 24.7. The fraction of sp³-hybridized carbons (Fsp3) is 0.400. The first-order valence-electron chi connectivity index (χ1n) is 34.0. The van der Waals surface area contributed by atoms with E-state index in [1.54, 1.807) is 0 Å². The third kappa shape index (κ3) is 19.8. The minimum Gasteiger partial charge on any atom is -0.465 e. The second kappa shape index (κ2) is 32.8. The molecule has 0 amide bonds. The topological polar surface area (TPSA) is 111 Å². The molecule has 3 unspecified atom stereocenters. The Labute approximate surface area is 587 Å². The SMILES string of the molecule is CC(Oc1ccc(Br)cc1Br)OC1CCCCC1.CC1(C)OB(c2ccc(OC(Oc3ccc(B4OC(C)(C)C(C)(C)O4)cc3)c3ccccc3)cc2)OC1(C)C.Cc1ccc(OC(Oc2ccc(-c3cc(C)ccc3OC(C)OC3CCCCC3)cc2)c2ccccc2)cc1. The zero-order chi connectivity index (χ0) is 68.0. The highest BCUT2D eigenvalue weighted by Gasteiger charge is 2.53. The van der Waals surface area contributed by atoms with Crippen molar-refractivity contribution in [2.24, 2.45) is 0 Å². The van der Waals surface area contributed by atoms with E-state index in [2.05, 4.69) is 70.0 Å². The molecule has 8 aromatic rings. The molecule has 4 fully saturated rings. The maximum absolute atomic E-state index is 6.36. The van der Waals surface area contributed by atoms with Gasteiger partial charge < -0.3 is 56.5 Å². The van der Waals surface area contributed by atoms with E-state index in [0.29, 0.717) is 23.7 Å². The van der Waals surface area contributed by atoms with Crippen molar-refractivity contribution in [1.29, 1.82) is 0 Å². The van der Waals surface area contributed by atoms with E-state index in [9.17, 15) is 0 Å². The van der Waals surface area contributed by atoms with Crippen molar-refractivity contribution in [3.8, 4) is 45.6 Å². The lowest BCUT2D eigenvalue weighted by Gasteiger charge is -2.32. The second-order valence-corrected chi connectivity index (χ2v) is 29.1. The smallest absolute Gasteiger partial charge is 0.465 e. The van der Waals surface area contributed by atoms with Gasteiger partial charge in [-0.1, -0.05) is 181 Å². The number of benzene rings is 8. The van der Waals surface area contributed by atoms with E-state index in [-0.39, 0.29) is 12.6 Å². The number of rotatable bonds is 21.